The average Bonchev–Trinajstić information content (AvgIpc) is 2.80. The molecule has 0 aromatic heterocycles. The van der Waals surface area contributed by atoms with Crippen molar-refractivity contribution in [2.45, 2.75) is 39.8 Å². The minimum Gasteiger partial charge on any atom is -0.391 e. The van der Waals surface area contributed by atoms with Crippen LogP contribution < -0.4 is 16.1 Å². The highest BCUT2D eigenvalue weighted by molar-refractivity contribution is 5.97. The first kappa shape index (κ1) is 25.6. The van der Waals surface area contributed by atoms with Crippen LogP contribution in [0.1, 0.15) is 49.2 Å². The smallest absolute Gasteiger partial charge is 0.268 e. The second kappa shape index (κ2) is 11.8. The standard InChI is InChI=1S/C25H29N3O5/c1-15(2)16(3)23(30)26-21-13-9-19(10-14-21)6-5-18-7-11-20(12-8-18)24(31)27-22(17(4)29)25(32)28-33/h7-17,22,29,33H,1-4H3,(H,26,30)(H,27,31)(H,28,32)/t16-,17+,22-/m0/s1. The number of benzene rings is 2. The first-order chi connectivity index (χ1) is 15.6. The number of nitrogens with one attached hydrogen (secondary N) is 3. The van der Waals surface area contributed by atoms with Crippen molar-refractivity contribution in [2.24, 2.45) is 11.8 Å². The number of aliphatic hydroxyl groups is 1. The number of anilines is 1. The van der Waals surface area contributed by atoms with E-state index in [1.165, 1.54) is 12.4 Å². The molecule has 0 aliphatic rings. The zero-order valence-electron chi connectivity index (χ0n) is 19.0. The third-order valence-corrected chi connectivity index (χ3v) is 5.23. The third kappa shape index (κ3) is 7.45. The van der Waals surface area contributed by atoms with E-state index in [1.54, 1.807) is 36.4 Å². The lowest BCUT2D eigenvalue weighted by molar-refractivity contribution is -0.133. The van der Waals surface area contributed by atoms with Crippen molar-refractivity contribution in [3.8, 4) is 11.8 Å². The van der Waals surface area contributed by atoms with E-state index in [0.29, 0.717) is 11.3 Å². The monoisotopic (exact) mass is 451 g/mol. The lowest BCUT2D eigenvalue weighted by Gasteiger charge is -2.19. The summed E-state index contributed by atoms with van der Waals surface area (Å²) < 4.78 is 0. The van der Waals surface area contributed by atoms with Crippen molar-refractivity contribution in [2.75, 3.05) is 5.32 Å². The SMILES string of the molecule is CC(C)[C@H](C)C(=O)Nc1ccc(C#Cc2ccc(C(=O)N[C@H](C(=O)NO)[C@@H](C)O)cc2)cc1. The normalized spacial score (nSPS) is 13.2. The number of aliphatic hydroxyl groups excluding tert-OH is 1. The van der Waals surface area contributed by atoms with Crippen molar-refractivity contribution in [1.82, 2.24) is 10.8 Å². The lowest BCUT2D eigenvalue weighted by atomic mass is 9.97. The zero-order valence-corrected chi connectivity index (χ0v) is 19.0. The van der Waals surface area contributed by atoms with E-state index in [2.05, 4.69) is 22.5 Å². The van der Waals surface area contributed by atoms with Gasteiger partial charge in [0.25, 0.3) is 11.8 Å². The molecule has 174 valence electrons. The number of carbonyl (C=O) groups excluding carboxylic acids is 3. The molecule has 0 unspecified atom stereocenters. The molecule has 2 aromatic rings. The molecule has 3 atom stereocenters. The zero-order chi connectivity index (χ0) is 24.5. The van der Waals surface area contributed by atoms with Gasteiger partial charge in [0.15, 0.2) is 0 Å². The number of amides is 3. The first-order valence-corrected chi connectivity index (χ1v) is 10.6. The molecule has 0 saturated carbocycles. The first-order valence-electron chi connectivity index (χ1n) is 10.6. The Kier molecular flexibility index (Phi) is 9.16. The average molecular weight is 452 g/mol. The molecule has 0 bridgehead atoms. The van der Waals surface area contributed by atoms with Gasteiger partial charge in [-0.1, -0.05) is 32.6 Å². The summed E-state index contributed by atoms with van der Waals surface area (Å²) in [5.74, 6) is 4.68. The van der Waals surface area contributed by atoms with Crippen LogP contribution in [-0.4, -0.2) is 40.2 Å². The van der Waals surface area contributed by atoms with Crippen LogP contribution in [-0.2, 0) is 9.59 Å². The minimum absolute atomic E-state index is 0.0234. The van der Waals surface area contributed by atoms with E-state index in [1.807, 2.05) is 32.9 Å². The molecule has 5 N–H and O–H groups in total. The van der Waals surface area contributed by atoms with Crippen molar-refractivity contribution in [3.05, 3.63) is 65.2 Å². The maximum Gasteiger partial charge on any atom is 0.268 e. The Hall–Kier alpha value is -3.67. The molecule has 2 aromatic carbocycles. The Bertz CT molecular complexity index is 1030. The van der Waals surface area contributed by atoms with Crippen LogP contribution in [0.4, 0.5) is 5.69 Å². The molecular weight excluding hydrogens is 422 g/mol. The Morgan fingerprint density at radius 2 is 1.33 bits per heavy atom. The predicted octanol–water partition coefficient (Wildman–Crippen LogP) is 2.30. The van der Waals surface area contributed by atoms with Gasteiger partial charge in [0.05, 0.1) is 6.10 Å². The van der Waals surface area contributed by atoms with E-state index in [9.17, 15) is 19.5 Å². The number of rotatable bonds is 7. The van der Waals surface area contributed by atoms with Crippen molar-refractivity contribution >= 4 is 23.4 Å². The maximum absolute atomic E-state index is 12.3. The van der Waals surface area contributed by atoms with Gasteiger partial charge in [-0.25, -0.2) is 5.48 Å². The van der Waals surface area contributed by atoms with E-state index >= 15 is 0 Å². The molecule has 0 aliphatic heterocycles. The van der Waals surface area contributed by atoms with Gasteiger partial charge in [-0.2, -0.15) is 0 Å². The van der Waals surface area contributed by atoms with Crippen LogP contribution >= 0.6 is 0 Å². The second-order valence-corrected chi connectivity index (χ2v) is 8.09. The van der Waals surface area contributed by atoms with Crippen LogP contribution in [0, 0.1) is 23.7 Å². The second-order valence-electron chi connectivity index (χ2n) is 8.09. The summed E-state index contributed by atoms with van der Waals surface area (Å²) in [7, 11) is 0. The molecule has 0 radical (unpaired) electrons. The van der Waals surface area contributed by atoms with Gasteiger partial charge in [-0.05, 0) is 61.4 Å². The highest BCUT2D eigenvalue weighted by atomic mass is 16.5. The summed E-state index contributed by atoms with van der Waals surface area (Å²) in [6.07, 6.45) is -1.19. The van der Waals surface area contributed by atoms with E-state index in [0.717, 1.165) is 5.56 Å². The topological polar surface area (TPSA) is 128 Å². The molecule has 0 spiro atoms. The number of hydrogen-bond acceptors (Lipinski definition) is 5. The Labute approximate surface area is 193 Å². The third-order valence-electron chi connectivity index (χ3n) is 5.23. The van der Waals surface area contributed by atoms with E-state index in [4.69, 9.17) is 5.21 Å². The van der Waals surface area contributed by atoms with Crippen LogP contribution in [0.25, 0.3) is 0 Å². The molecular formula is C25H29N3O5. The van der Waals surface area contributed by atoms with Gasteiger partial charge >= 0.3 is 0 Å². The highest BCUT2D eigenvalue weighted by Crippen LogP contribution is 2.15. The van der Waals surface area contributed by atoms with Crippen molar-refractivity contribution < 1.29 is 24.7 Å². The van der Waals surface area contributed by atoms with Crippen LogP contribution in [0.3, 0.4) is 0 Å². The number of hydrogen-bond donors (Lipinski definition) is 5. The predicted molar refractivity (Wildman–Crippen MR) is 124 cm³/mol. The number of hydroxylamine groups is 1. The van der Waals surface area contributed by atoms with Crippen LogP contribution in [0.2, 0.25) is 0 Å². The lowest BCUT2D eigenvalue weighted by Crippen LogP contribution is -2.51. The molecule has 0 heterocycles. The summed E-state index contributed by atoms with van der Waals surface area (Å²) in [4.78, 5) is 36.0. The Balaban J connectivity index is 2.02. The van der Waals surface area contributed by atoms with Gasteiger partial charge in [0.1, 0.15) is 6.04 Å². The van der Waals surface area contributed by atoms with Gasteiger partial charge in [-0.15, -0.1) is 0 Å². The maximum atomic E-state index is 12.3. The molecule has 8 nitrogen and oxygen atoms in total. The summed E-state index contributed by atoms with van der Waals surface area (Å²) >= 11 is 0. The summed E-state index contributed by atoms with van der Waals surface area (Å²) in [6.45, 7) is 7.23. The molecule has 3 amide bonds. The van der Waals surface area contributed by atoms with Gasteiger partial charge in [-0.3, -0.25) is 19.6 Å². The van der Waals surface area contributed by atoms with Gasteiger partial charge < -0.3 is 15.7 Å². The van der Waals surface area contributed by atoms with E-state index in [-0.39, 0.29) is 23.3 Å². The van der Waals surface area contributed by atoms with Crippen molar-refractivity contribution in [3.63, 3.8) is 0 Å². The molecule has 2 rings (SSSR count). The Morgan fingerprint density at radius 1 is 0.818 bits per heavy atom. The minimum atomic E-state index is -1.29. The highest BCUT2D eigenvalue weighted by Gasteiger charge is 2.25. The summed E-state index contributed by atoms with van der Waals surface area (Å²) in [5, 5.41) is 23.6. The van der Waals surface area contributed by atoms with Crippen LogP contribution in [0.15, 0.2) is 48.5 Å². The fraction of sp³-hybridized carbons (Fsp3) is 0.320. The Morgan fingerprint density at radius 3 is 1.79 bits per heavy atom. The molecule has 0 aliphatic carbocycles. The summed E-state index contributed by atoms with van der Waals surface area (Å²) in [5.41, 5.74) is 3.83. The fourth-order valence-electron chi connectivity index (χ4n) is 2.74. The van der Waals surface area contributed by atoms with Crippen molar-refractivity contribution in [1.29, 1.82) is 0 Å². The molecule has 33 heavy (non-hydrogen) atoms. The molecule has 8 heteroatoms. The molecule has 0 saturated heterocycles. The van der Waals surface area contributed by atoms with Gasteiger partial charge in [0, 0.05) is 28.3 Å². The molecule has 0 fully saturated rings. The number of carbonyl (C=O) groups is 3. The van der Waals surface area contributed by atoms with E-state index < -0.39 is 24.0 Å². The van der Waals surface area contributed by atoms with Gasteiger partial charge in [0.2, 0.25) is 5.91 Å². The summed E-state index contributed by atoms with van der Waals surface area (Å²) in [6, 6.07) is 12.3. The fourth-order valence-corrected chi connectivity index (χ4v) is 2.74. The quantitative estimate of drug-likeness (QED) is 0.251. The largest absolute Gasteiger partial charge is 0.391 e. The van der Waals surface area contributed by atoms with Crippen LogP contribution in [0.5, 0.6) is 0 Å².